The van der Waals surface area contributed by atoms with Gasteiger partial charge in [-0.15, -0.1) is 0 Å². The van der Waals surface area contributed by atoms with Crippen LogP contribution >= 0.6 is 0 Å². The molecule has 0 unspecified atom stereocenters. The van der Waals surface area contributed by atoms with Crippen molar-refractivity contribution in [3.05, 3.63) is 95.6 Å². The Balaban J connectivity index is 1.25. The van der Waals surface area contributed by atoms with E-state index >= 15 is 0 Å². The van der Waals surface area contributed by atoms with Crippen molar-refractivity contribution >= 4 is 29.4 Å². The predicted octanol–water partition coefficient (Wildman–Crippen LogP) is 5.61. The van der Waals surface area contributed by atoms with Gasteiger partial charge >= 0.3 is 5.97 Å². The van der Waals surface area contributed by atoms with E-state index in [9.17, 15) is 14.4 Å². The zero-order valence-corrected chi connectivity index (χ0v) is 25.2. The van der Waals surface area contributed by atoms with Gasteiger partial charge in [0.25, 0.3) is 5.91 Å². The van der Waals surface area contributed by atoms with Gasteiger partial charge in [-0.2, -0.15) is 0 Å². The molecule has 0 aromatic heterocycles. The molecule has 3 aromatic rings. The first-order valence-electron chi connectivity index (χ1n) is 15.4. The van der Waals surface area contributed by atoms with E-state index in [1.54, 1.807) is 29.2 Å². The monoisotopic (exact) mass is 596 g/mol. The van der Waals surface area contributed by atoms with Gasteiger partial charge in [-0.25, -0.2) is 4.99 Å². The molecule has 9 heteroatoms. The number of guanidine groups is 1. The summed E-state index contributed by atoms with van der Waals surface area (Å²) in [5.41, 5.74) is 2.81. The van der Waals surface area contributed by atoms with Crippen molar-refractivity contribution in [3.8, 4) is 5.75 Å². The molecule has 230 valence electrons. The van der Waals surface area contributed by atoms with Crippen LogP contribution in [0.3, 0.4) is 0 Å². The lowest BCUT2D eigenvalue weighted by Gasteiger charge is -2.31. The fourth-order valence-corrected chi connectivity index (χ4v) is 5.59. The molecular weight excluding hydrogens is 556 g/mol. The number of nitrogens with one attached hydrogen (secondary N) is 1. The number of ether oxygens (including phenoxy) is 2. The number of benzene rings is 3. The minimum atomic E-state index is -0.436. The van der Waals surface area contributed by atoms with Crippen LogP contribution in [0.5, 0.6) is 5.75 Å². The van der Waals surface area contributed by atoms with Crippen LogP contribution in [0.25, 0.3) is 0 Å². The number of carbonyl (C=O) groups excluding carboxylic acids is 3. The fraction of sp³-hybridized carbons (Fsp3) is 0.371. The number of aliphatic imine (C=N–C) groups is 1. The van der Waals surface area contributed by atoms with E-state index in [2.05, 4.69) is 5.32 Å². The molecule has 1 fully saturated rings. The van der Waals surface area contributed by atoms with E-state index < -0.39 is 5.97 Å². The number of fused-ring (bicyclic) bond motifs is 1. The maximum absolute atomic E-state index is 13.1. The number of rotatable bonds is 11. The molecule has 1 saturated carbocycles. The summed E-state index contributed by atoms with van der Waals surface area (Å²) in [5.74, 6) is 0.176. The van der Waals surface area contributed by atoms with Crippen molar-refractivity contribution in [3.63, 3.8) is 0 Å². The van der Waals surface area contributed by atoms with Crippen molar-refractivity contribution in [2.45, 2.75) is 64.1 Å². The molecule has 5 rings (SSSR count). The molecule has 3 aromatic carbocycles. The van der Waals surface area contributed by atoms with Crippen LogP contribution in [-0.4, -0.2) is 59.8 Å². The summed E-state index contributed by atoms with van der Waals surface area (Å²) >= 11 is 0. The second-order valence-corrected chi connectivity index (χ2v) is 11.3. The Kier molecular flexibility index (Phi) is 10.6. The van der Waals surface area contributed by atoms with Crippen molar-refractivity contribution in [1.29, 1.82) is 0 Å². The third-order valence-corrected chi connectivity index (χ3v) is 8.09. The van der Waals surface area contributed by atoms with Crippen molar-refractivity contribution in [1.82, 2.24) is 15.1 Å². The quantitative estimate of drug-likeness (QED) is 0.228. The zero-order valence-electron chi connectivity index (χ0n) is 25.2. The number of hydrogen-bond donors (Lipinski definition) is 1. The maximum atomic E-state index is 13.1. The third kappa shape index (κ3) is 8.24. The number of para-hydroxylation sites is 1. The second-order valence-electron chi connectivity index (χ2n) is 11.3. The molecule has 9 nitrogen and oxygen atoms in total. The summed E-state index contributed by atoms with van der Waals surface area (Å²) in [6.45, 7) is 0.745. The molecule has 0 radical (unpaired) electrons. The molecule has 1 aliphatic carbocycles. The molecule has 44 heavy (non-hydrogen) atoms. The van der Waals surface area contributed by atoms with E-state index in [-0.39, 0.29) is 30.9 Å². The van der Waals surface area contributed by atoms with Gasteiger partial charge < -0.3 is 19.3 Å². The Morgan fingerprint density at radius 1 is 0.932 bits per heavy atom. The number of nitrogens with zero attached hydrogens (tertiary/aromatic N) is 3. The van der Waals surface area contributed by atoms with Gasteiger partial charge in [-0.3, -0.25) is 19.7 Å². The Bertz CT molecular complexity index is 1450. The molecule has 1 aliphatic heterocycles. The molecule has 0 spiro atoms. The average Bonchev–Trinajstić information content (AvgIpc) is 3.07. The minimum Gasteiger partial charge on any atom is -0.491 e. The van der Waals surface area contributed by atoms with E-state index in [0.717, 1.165) is 24.0 Å². The highest BCUT2D eigenvalue weighted by molar-refractivity contribution is 6.07. The number of carbonyl (C=O) groups is 3. The molecular formula is C35H40N4O5. The van der Waals surface area contributed by atoms with Crippen LogP contribution < -0.4 is 10.1 Å². The topological polar surface area (TPSA) is 101 Å². The summed E-state index contributed by atoms with van der Waals surface area (Å²) in [7, 11) is 1.91. The molecule has 2 aliphatic rings. The first kappa shape index (κ1) is 30.8. The second kappa shape index (κ2) is 15.2. The molecule has 0 saturated heterocycles. The zero-order chi connectivity index (χ0) is 30.7. The first-order valence-corrected chi connectivity index (χ1v) is 15.4. The van der Waals surface area contributed by atoms with Crippen molar-refractivity contribution in [2.24, 2.45) is 4.99 Å². The summed E-state index contributed by atoms with van der Waals surface area (Å²) in [4.78, 5) is 47.1. The van der Waals surface area contributed by atoms with Crippen LogP contribution in [0, 0.1) is 0 Å². The van der Waals surface area contributed by atoms with Crippen molar-refractivity contribution in [2.75, 3.05) is 20.2 Å². The lowest BCUT2D eigenvalue weighted by Crippen LogP contribution is -2.47. The van der Waals surface area contributed by atoms with Crippen LogP contribution in [0.1, 0.15) is 66.4 Å². The molecule has 2 amide bonds. The van der Waals surface area contributed by atoms with Crippen LogP contribution in [0.2, 0.25) is 0 Å². The highest BCUT2D eigenvalue weighted by atomic mass is 16.5. The lowest BCUT2D eigenvalue weighted by molar-refractivity contribution is -0.145. The fourth-order valence-electron chi connectivity index (χ4n) is 5.59. The average molecular weight is 597 g/mol. The molecule has 0 atom stereocenters. The summed E-state index contributed by atoms with van der Waals surface area (Å²) in [5, 5.41) is 2.88. The maximum Gasteiger partial charge on any atom is 0.325 e. The normalized spacial score (nSPS) is 14.7. The van der Waals surface area contributed by atoms with Crippen molar-refractivity contribution < 1.29 is 23.9 Å². The van der Waals surface area contributed by atoms with Gasteiger partial charge in [0.05, 0.1) is 6.61 Å². The standard InChI is InChI=1S/C35H40N4O5/c1-38(29-18-9-4-10-19-29)31(40)21-12-22-43-30-20-11-17-28-23-39(24-32(41)44-25-26-13-5-2-6-14-26)35(36-33(28)30)37-34(42)27-15-7-3-8-16-27/h2-3,5-8,11,13-17,20,29H,4,9-10,12,18-19,21-25H2,1H3,(H,36,37,42). The molecule has 0 bridgehead atoms. The molecule has 1 N–H and O–H groups in total. The smallest absolute Gasteiger partial charge is 0.325 e. The Morgan fingerprint density at radius 3 is 2.41 bits per heavy atom. The van der Waals surface area contributed by atoms with Crippen LogP contribution in [0.4, 0.5) is 5.69 Å². The first-order chi connectivity index (χ1) is 21.5. The predicted molar refractivity (Wildman–Crippen MR) is 168 cm³/mol. The summed E-state index contributed by atoms with van der Waals surface area (Å²) < 4.78 is 11.6. The van der Waals surface area contributed by atoms with Gasteiger partial charge in [0.1, 0.15) is 24.6 Å². The van der Waals surface area contributed by atoms with Gasteiger partial charge in [-0.05, 0) is 43.0 Å². The van der Waals surface area contributed by atoms with Gasteiger partial charge in [0, 0.05) is 37.2 Å². The SMILES string of the molecule is CN(C(=O)CCCOc1cccc2c1N=C(NC(=O)c1ccccc1)N(CC(=O)OCc1ccccc1)C2)C1CCCCC1. The number of amides is 2. The van der Waals surface area contributed by atoms with Crippen LogP contribution in [-0.2, 0) is 27.5 Å². The summed E-state index contributed by atoms with van der Waals surface area (Å²) in [6.07, 6.45) is 6.79. The summed E-state index contributed by atoms with van der Waals surface area (Å²) in [6, 6.07) is 24.3. The Labute approximate surface area is 258 Å². The van der Waals surface area contributed by atoms with Gasteiger partial charge in [-0.1, -0.05) is 79.9 Å². The minimum absolute atomic E-state index is 0.0954. The largest absolute Gasteiger partial charge is 0.491 e. The Hall–Kier alpha value is -4.66. The van der Waals surface area contributed by atoms with E-state index in [0.29, 0.717) is 49.0 Å². The number of esters is 1. The Morgan fingerprint density at radius 2 is 1.66 bits per heavy atom. The molecule has 1 heterocycles. The highest BCUT2D eigenvalue weighted by Crippen LogP contribution is 2.35. The van der Waals surface area contributed by atoms with Crippen LogP contribution in [0.15, 0.2) is 83.9 Å². The number of hydrogen-bond acceptors (Lipinski definition) is 7. The van der Waals surface area contributed by atoms with Gasteiger partial charge in [0.2, 0.25) is 11.9 Å². The van der Waals surface area contributed by atoms with Gasteiger partial charge in [0.15, 0.2) is 0 Å². The van der Waals surface area contributed by atoms with E-state index in [1.807, 2.05) is 66.5 Å². The van der Waals surface area contributed by atoms with E-state index in [4.69, 9.17) is 14.5 Å². The lowest BCUT2D eigenvalue weighted by atomic mass is 9.94. The van der Waals surface area contributed by atoms with E-state index in [1.165, 1.54) is 19.3 Å². The third-order valence-electron chi connectivity index (χ3n) is 8.09. The highest BCUT2D eigenvalue weighted by Gasteiger charge is 2.27.